The van der Waals surface area contributed by atoms with Crippen molar-refractivity contribution in [2.75, 3.05) is 6.54 Å². The molecule has 2 atom stereocenters. The number of benzene rings is 1. The van der Waals surface area contributed by atoms with Gasteiger partial charge in [0.05, 0.1) is 0 Å². The monoisotopic (exact) mass is 218 g/mol. The van der Waals surface area contributed by atoms with Crippen LogP contribution >= 0.6 is 0 Å². The third-order valence-electron chi connectivity index (χ3n) is 2.79. The molecule has 0 radical (unpaired) electrons. The van der Waals surface area contributed by atoms with E-state index in [1.165, 1.54) is 5.56 Å². The first kappa shape index (κ1) is 11.0. The fourth-order valence-electron chi connectivity index (χ4n) is 1.89. The Hall–Kier alpha value is -1.55. The molecular formula is C12H18N4. The van der Waals surface area contributed by atoms with Crippen molar-refractivity contribution in [2.24, 2.45) is 10.8 Å². The van der Waals surface area contributed by atoms with Crippen LogP contribution in [0.5, 0.6) is 0 Å². The summed E-state index contributed by atoms with van der Waals surface area (Å²) in [5.41, 5.74) is 3.97. The van der Waals surface area contributed by atoms with Gasteiger partial charge in [0, 0.05) is 18.5 Å². The largest absolute Gasteiger partial charge is 0.352 e. The van der Waals surface area contributed by atoms with Gasteiger partial charge in [-0.25, -0.2) is 5.84 Å². The number of hydrogen-bond donors (Lipinski definition) is 3. The van der Waals surface area contributed by atoms with Crippen LogP contribution < -0.4 is 16.6 Å². The molecule has 86 valence electrons. The number of nitrogens with one attached hydrogen (secondary N) is 2. The van der Waals surface area contributed by atoms with Gasteiger partial charge in [-0.1, -0.05) is 30.3 Å². The van der Waals surface area contributed by atoms with Gasteiger partial charge in [-0.2, -0.15) is 0 Å². The van der Waals surface area contributed by atoms with Crippen LogP contribution in [-0.2, 0) is 0 Å². The molecule has 4 nitrogen and oxygen atoms in total. The third kappa shape index (κ3) is 2.52. The fraction of sp³-hybridized carbons (Fsp3) is 0.417. The zero-order valence-electron chi connectivity index (χ0n) is 9.48. The van der Waals surface area contributed by atoms with Crippen molar-refractivity contribution >= 4 is 5.96 Å². The molecule has 1 aliphatic carbocycles. The second-order valence-electron chi connectivity index (χ2n) is 3.97. The lowest BCUT2D eigenvalue weighted by molar-refractivity contribution is 0.805. The highest BCUT2D eigenvalue weighted by Crippen LogP contribution is 2.40. The summed E-state index contributed by atoms with van der Waals surface area (Å²) in [6, 6.07) is 11.0. The van der Waals surface area contributed by atoms with Crippen LogP contribution in [0.15, 0.2) is 35.3 Å². The second kappa shape index (κ2) is 4.99. The Morgan fingerprint density at radius 3 is 2.81 bits per heavy atom. The normalized spacial score (nSPS) is 24.0. The molecule has 0 amide bonds. The van der Waals surface area contributed by atoms with E-state index in [-0.39, 0.29) is 0 Å². The Bertz CT molecular complexity index is 361. The summed E-state index contributed by atoms with van der Waals surface area (Å²) >= 11 is 0. The van der Waals surface area contributed by atoms with Crippen molar-refractivity contribution in [1.82, 2.24) is 10.7 Å². The molecule has 0 bridgehead atoms. The van der Waals surface area contributed by atoms with Crippen molar-refractivity contribution < 1.29 is 0 Å². The molecule has 0 aromatic heterocycles. The molecule has 0 saturated heterocycles. The standard InChI is InChI=1S/C12H18N4/c1-2-14-12(16-13)15-11-8-10(11)9-6-4-3-5-7-9/h3-7,10-11H,2,8,13H2,1H3,(H2,14,15,16). The van der Waals surface area contributed by atoms with E-state index in [1.807, 2.05) is 13.0 Å². The minimum absolute atomic E-state index is 0.462. The summed E-state index contributed by atoms with van der Waals surface area (Å²) in [5, 5.41) is 3.30. The molecule has 4 N–H and O–H groups in total. The van der Waals surface area contributed by atoms with Crippen LogP contribution in [0.3, 0.4) is 0 Å². The number of hydrazine groups is 1. The van der Waals surface area contributed by atoms with Crippen molar-refractivity contribution in [3.05, 3.63) is 35.9 Å². The minimum Gasteiger partial charge on any atom is -0.352 e. The van der Waals surface area contributed by atoms with Crippen LogP contribution in [0.1, 0.15) is 24.8 Å². The highest BCUT2D eigenvalue weighted by atomic mass is 15.3. The molecule has 2 unspecified atom stereocenters. The number of nitrogens with two attached hydrogens (primary N) is 1. The number of guanidine groups is 1. The molecule has 4 heteroatoms. The lowest BCUT2D eigenvalue weighted by Crippen LogP contribution is -2.43. The first-order valence-electron chi connectivity index (χ1n) is 5.67. The molecular weight excluding hydrogens is 200 g/mol. The predicted octanol–water partition coefficient (Wildman–Crippen LogP) is 0.971. The van der Waals surface area contributed by atoms with E-state index >= 15 is 0 Å². The van der Waals surface area contributed by atoms with Gasteiger partial charge in [0.15, 0.2) is 0 Å². The van der Waals surface area contributed by atoms with E-state index in [4.69, 9.17) is 5.84 Å². The van der Waals surface area contributed by atoms with Crippen molar-refractivity contribution in [1.29, 1.82) is 0 Å². The number of nitrogens with zero attached hydrogens (tertiary/aromatic N) is 1. The Kier molecular flexibility index (Phi) is 3.41. The van der Waals surface area contributed by atoms with E-state index < -0.39 is 0 Å². The molecule has 1 aromatic rings. The van der Waals surface area contributed by atoms with Gasteiger partial charge in [-0.3, -0.25) is 10.4 Å². The lowest BCUT2D eigenvalue weighted by atomic mass is 10.1. The molecule has 0 aliphatic heterocycles. The zero-order chi connectivity index (χ0) is 11.4. The second-order valence-corrected chi connectivity index (χ2v) is 3.97. The first-order valence-corrected chi connectivity index (χ1v) is 5.67. The quantitative estimate of drug-likeness (QED) is 0.306. The van der Waals surface area contributed by atoms with Gasteiger partial charge in [0.2, 0.25) is 5.96 Å². The summed E-state index contributed by atoms with van der Waals surface area (Å²) in [5.74, 6) is 6.66. The highest BCUT2D eigenvalue weighted by molar-refractivity contribution is 5.80. The maximum Gasteiger partial charge on any atom is 0.205 e. The topological polar surface area (TPSA) is 62.4 Å². The average Bonchev–Trinajstić information content (AvgIpc) is 3.09. The van der Waals surface area contributed by atoms with Crippen molar-refractivity contribution in [2.45, 2.75) is 25.3 Å². The summed E-state index contributed by atoms with van der Waals surface area (Å²) < 4.78 is 0. The van der Waals surface area contributed by atoms with Crippen LogP contribution in [0.4, 0.5) is 0 Å². The summed E-state index contributed by atoms with van der Waals surface area (Å²) in [7, 11) is 0. The maximum absolute atomic E-state index is 5.38. The Morgan fingerprint density at radius 2 is 2.19 bits per heavy atom. The summed E-state index contributed by atoms with van der Waals surface area (Å²) in [6.45, 7) is 2.72. The van der Waals surface area contributed by atoms with E-state index in [9.17, 15) is 0 Å². The average molecular weight is 218 g/mol. The Morgan fingerprint density at radius 1 is 1.44 bits per heavy atom. The van der Waals surface area contributed by atoms with Gasteiger partial charge < -0.3 is 5.32 Å². The molecule has 1 aromatic carbocycles. The SMILES string of the molecule is CCN=C(NN)NC1CC1c1ccccc1. The van der Waals surface area contributed by atoms with Crippen LogP contribution in [0, 0.1) is 0 Å². The van der Waals surface area contributed by atoms with E-state index in [1.54, 1.807) is 0 Å². The van der Waals surface area contributed by atoms with Gasteiger partial charge in [-0.15, -0.1) is 0 Å². The van der Waals surface area contributed by atoms with Crippen LogP contribution in [0.25, 0.3) is 0 Å². The predicted molar refractivity (Wildman–Crippen MR) is 66.0 cm³/mol. The first-order chi connectivity index (χ1) is 7.85. The molecule has 16 heavy (non-hydrogen) atoms. The molecule has 2 rings (SSSR count). The van der Waals surface area contributed by atoms with Gasteiger partial charge in [0.25, 0.3) is 0 Å². The molecule has 1 aliphatic rings. The van der Waals surface area contributed by atoms with Gasteiger partial charge in [-0.05, 0) is 18.9 Å². The van der Waals surface area contributed by atoms with Crippen molar-refractivity contribution in [3.63, 3.8) is 0 Å². The molecule has 1 saturated carbocycles. The molecule has 1 fully saturated rings. The van der Waals surface area contributed by atoms with E-state index in [0.29, 0.717) is 17.9 Å². The Labute approximate surface area is 95.9 Å². The lowest BCUT2D eigenvalue weighted by Gasteiger charge is -2.08. The van der Waals surface area contributed by atoms with Crippen molar-refractivity contribution in [3.8, 4) is 0 Å². The highest BCUT2D eigenvalue weighted by Gasteiger charge is 2.38. The minimum atomic E-state index is 0.462. The Balaban J connectivity index is 1.90. The number of hydrogen-bond acceptors (Lipinski definition) is 2. The smallest absolute Gasteiger partial charge is 0.205 e. The number of rotatable bonds is 3. The molecule has 0 spiro atoms. The number of aliphatic imine (C=N–C) groups is 1. The van der Waals surface area contributed by atoms with Gasteiger partial charge >= 0.3 is 0 Å². The summed E-state index contributed by atoms with van der Waals surface area (Å²) in [4.78, 5) is 4.22. The van der Waals surface area contributed by atoms with E-state index in [0.717, 1.165) is 13.0 Å². The fourth-order valence-corrected chi connectivity index (χ4v) is 1.89. The van der Waals surface area contributed by atoms with E-state index in [2.05, 4.69) is 40.0 Å². The summed E-state index contributed by atoms with van der Waals surface area (Å²) in [6.07, 6.45) is 1.15. The zero-order valence-corrected chi connectivity index (χ0v) is 9.48. The third-order valence-corrected chi connectivity index (χ3v) is 2.79. The van der Waals surface area contributed by atoms with Crippen LogP contribution in [-0.4, -0.2) is 18.5 Å². The maximum atomic E-state index is 5.38. The van der Waals surface area contributed by atoms with Gasteiger partial charge in [0.1, 0.15) is 0 Å². The molecule has 0 heterocycles. The van der Waals surface area contributed by atoms with Crippen LogP contribution in [0.2, 0.25) is 0 Å².